The van der Waals surface area contributed by atoms with E-state index in [1.807, 2.05) is 16.7 Å². The van der Waals surface area contributed by atoms with Crippen LogP contribution in [0.4, 0.5) is 0 Å². The molecule has 1 aliphatic rings. The Morgan fingerprint density at radius 1 is 1.10 bits per heavy atom. The van der Waals surface area contributed by atoms with Gasteiger partial charge in [0.2, 0.25) is 5.91 Å². The van der Waals surface area contributed by atoms with E-state index in [0.717, 1.165) is 30.8 Å². The minimum Gasteiger partial charge on any atom is -0.342 e. The molecule has 1 saturated heterocycles. The summed E-state index contributed by atoms with van der Waals surface area (Å²) in [4.78, 5) is 15.1. The average Bonchev–Trinajstić information content (AvgIpc) is 2.95. The number of amides is 1. The van der Waals surface area contributed by atoms with E-state index < -0.39 is 15.1 Å². The highest BCUT2D eigenvalue weighted by molar-refractivity contribution is 7.99. The van der Waals surface area contributed by atoms with Crippen LogP contribution >= 0.6 is 11.8 Å². The number of thioether (sulfide) groups is 1. The zero-order valence-corrected chi connectivity index (χ0v) is 18.9. The summed E-state index contributed by atoms with van der Waals surface area (Å²) in [6, 6.07) is 15.2. The van der Waals surface area contributed by atoms with Crippen molar-refractivity contribution >= 4 is 27.5 Å². The molecule has 2 aromatic rings. The lowest BCUT2D eigenvalue weighted by molar-refractivity contribution is -0.130. The highest BCUT2D eigenvalue weighted by Crippen LogP contribution is 2.36. The minimum absolute atomic E-state index is 0.107. The number of aryl methyl sites for hydroxylation is 1. The van der Waals surface area contributed by atoms with E-state index in [2.05, 4.69) is 31.2 Å². The van der Waals surface area contributed by atoms with Gasteiger partial charge in [-0.2, -0.15) is 11.8 Å². The Bertz CT molecular complexity index is 952. The van der Waals surface area contributed by atoms with E-state index in [4.69, 9.17) is 0 Å². The molecule has 0 aliphatic carbocycles. The van der Waals surface area contributed by atoms with Gasteiger partial charge in [0.05, 0.1) is 16.6 Å². The molecule has 3 rings (SSSR count). The molecule has 6 heteroatoms. The fourth-order valence-corrected chi connectivity index (χ4v) is 5.96. The Morgan fingerprint density at radius 2 is 1.79 bits per heavy atom. The Morgan fingerprint density at radius 3 is 2.45 bits per heavy atom. The molecule has 29 heavy (non-hydrogen) atoms. The molecule has 1 fully saturated rings. The first kappa shape index (κ1) is 21.9. The number of carbonyl (C=O) groups is 1. The number of benzene rings is 2. The molecule has 0 saturated carbocycles. The first-order valence-corrected chi connectivity index (χ1v) is 12.7. The van der Waals surface area contributed by atoms with Crippen molar-refractivity contribution in [2.75, 3.05) is 18.8 Å². The van der Waals surface area contributed by atoms with E-state index in [0.29, 0.717) is 16.6 Å². The number of hydrogen-bond acceptors (Lipinski definition) is 4. The van der Waals surface area contributed by atoms with Crippen molar-refractivity contribution in [2.45, 2.75) is 49.0 Å². The zero-order chi connectivity index (χ0) is 21.0. The number of carbonyl (C=O) groups excluding carboxylic acids is 1. The lowest BCUT2D eigenvalue weighted by Gasteiger charge is -2.21. The predicted octanol–water partition coefficient (Wildman–Crippen LogP) is 4.43. The van der Waals surface area contributed by atoms with Gasteiger partial charge in [-0.05, 0) is 56.0 Å². The van der Waals surface area contributed by atoms with Crippen molar-refractivity contribution in [1.82, 2.24) is 4.90 Å². The largest absolute Gasteiger partial charge is 0.342 e. The summed E-state index contributed by atoms with van der Waals surface area (Å²) in [7, 11) is -3.28. The average molecular weight is 432 g/mol. The summed E-state index contributed by atoms with van der Waals surface area (Å²) in [6.07, 6.45) is 1.26. The van der Waals surface area contributed by atoms with E-state index in [9.17, 15) is 13.2 Å². The van der Waals surface area contributed by atoms with Gasteiger partial charge in [-0.25, -0.2) is 8.42 Å². The van der Waals surface area contributed by atoms with Crippen LogP contribution in [0.15, 0.2) is 53.4 Å². The monoisotopic (exact) mass is 431 g/mol. The van der Waals surface area contributed by atoms with E-state index in [1.165, 1.54) is 11.1 Å². The Hall–Kier alpha value is -1.79. The van der Waals surface area contributed by atoms with Crippen LogP contribution in [0.2, 0.25) is 0 Å². The van der Waals surface area contributed by atoms with Crippen LogP contribution in [0.5, 0.6) is 0 Å². The van der Waals surface area contributed by atoms with Crippen molar-refractivity contribution in [1.29, 1.82) is 0 Å². The summed E-state index contributed by atoms with van der Waals surface area (Å²) in [5, 5.41) is -0.0275. The van der Waals surface area contributed by atoms with Crippen molar-refractivity contribution in [3.63, 3.8) is 0 Å². The molecular formula is C23H29NO3S2. The van der Waals surface area contributed by atoms with Gasteiger partial charge in [0.1, 0.15) is 0 Å². The predicted molar refractivity (Wildman–Crippen MR) is 120 cm³/mol. The van der Waals surface area contributed by atoms with Crippen LogP contribution in [0, 0.1) is 6.92 Å². The maximum Gasteiger partial charge on any atom is 0.227 e. The third kappa shape index (κ3) is 5.23. The Balaban J connectivity index is 1.62. The SMILES string of the molecule is Cc1ccccc1[C@H]1CCN(C(=O)Cc2ccc(S(=O)(=O)C(C)C)cc2)CCS1. The third-order valence-corrected chi connectivity index (χ3v) is 8.94. The quantitative estimate of drug-likeness (QED) is 0.703. The number of rotatable bonds is 5. The van der Waals surface area contributed by atoms with E-state index in [-0.39, 0.29) is 5.91 Å². The van der Waals surface area contributed by atoms with Gasteiger partial charge >= 0.3 is 0 Å². The van der Waals surface area contributed by atoms with E-state index in [1.54, 1.807) is 38.1 Å². The van der Waals surface area contributed by atoms with Gasteiger partial charge in [0.15, 0.2) is 9.84 Å². The first-order valence-electron chi connectivity index (χ1n) is 10.1. The number of hydrogen-bond donors (Lipinski definition) is 0. The fraction of sp³-hybridized carbons (Fsp3) is 0.435. The second-order valence-corrected chi connectivity index (χ2v) is 11.6. The third-order valence-electron chi connectivity index (χ3n) is 5.46. The zero-order valence-electron chi connectivity index (χ0n) is 17.3. The van der Waals surface area contributed by atoms with Crippen molar-refractivity contribution in [2.24, 2.45) is 0 Å². The smallest absolute Gasteiger partial charge is 0.227 e. The maximum absolute atomic E-state index is 12.8. The second-order valence-electron chi connectivity index (χ2n) is 7.80. The van der Waals surface area contributed by atoms with Gasteiger partial charge in [-0.15, -0.1) is 0 Å². The molecule has 4 nitrogen and oxygen atoms in total. The molecule has 0 N–H and O–H groups in total. The van der Waals surface area contributed by atoms with E-state index >= 15 is 0 Å². The summed E-state index contributed by atoms with van der Waals surface area (Å²) >= 11 is 1.93. The normalized spacial score (nSPS) is 17.9. The molecular weight excluding hydrogens is 402 g/mol. The molecule has 0 radical (unpaired) electrons. The number of sulfone groups is 1. The van der Waals surface area contributed by atoms with Gasteiger partial charge in [-0.1, -0.05) is 36.4 Å². The molecule has 156 valence electrons. The lowest BCUT2D eigenvalue weighted by atomic mass is 10.0. The molecule has 0 unspecified atom stereocenters. The molecule has 0 bridgehead atoms. The van der Waals surface area contributed by atoms with Crippen molar-refractivity contribution in [3.05, 3.63) is 65.2 Å². The van der Waals surface area contributed by atoms with Crippen LogP contribution in [0.1, 0.15) is 42.2 Å². The number of nitrogens with zero attached hydrogens (tertiary/aromatic N) is 1. The van der Waals surface area contributed by atoms with Gasteiger partial charge < -0.3 is 4.90 Å². The Labute approximate surface area is 178 Å². The van der Waals surface area contributed by atoms with Gasteiger partial charge in [0.25, 0.3) is 0 Å². The standard InChI is InChI=1S/C23H29NO3S2/c1-17(2)29(26,27)20-10-8-19(9-11-20)16-23(25)24-13-12-22(28-15-14-24)21-7-5-4-6-18(21)3/h4-11,17,22H,12-16H2,1-3H3/t22-/m1/s1. The summed E-state index contributed by atoms with van der Waals surface area (Å²) in [5.41, 5.74) is 3.53. The van der Waals surface area contributed by atoms with Gasteiger partial charge in [0, 0.05) is 24.1 Å². The maximum atomic E-state index is 12.8. The summed E-state index contributed by atoms with van der Waals surface area (Å²) < 4.78 is 24.5. The second kappa shape index (κ2) is 9.35. The van der Waals surface area contributed by atoms with Crippen LogP contribution in [0.3, 0.4) is 0 Å². The Kier molecular flexibility index (Phi) is 7.06. The van der Waals surface area contributed by atoms with Crippen LogP contribution in [-0.2, 0) is 21.1 Å². The molecule has 1 heterocycles. The van der Waals surface area contributed by atoms with Crippen LogP contribution in [0.25, 0.3) is 0 Å². The van der Waals surface area contributed by atoms with Crippen molar-refractivity contribution in [3.8, 4) is 0 Å². The fourth-order valence-electron chi connectivity index (χ4n) is 3.57. The molecule has 0 aromatic heterocycles. The van der Waals surface area contributed by atoms with Crippen LogP contribution < -0.4 is 0 Å². The molecule has 1 amide bonds. The molecule has 1 aliphatic heterocycles. The first-order chi connectivity index (χ1) is 13.8. The lowest BCUT2D eigenvalue weighted by Crippen LogP contribution is -2.34. The topological polar surface area (TPSA) is 54.5 Å². The molecule has 2 aromatic carbocycles. The summed E-state index contributed by atoms with van der Waals surface area (Å²) in [6.45, 7) is 7.01. The molecule has 1 atom stereocenters. The molecule has 0 spiro atoms. The van der Waals surface area contributed by atoms with Gasteiger partial charge in [-0.3, -0.25) is 4.79 Å². The summed E-state index contributed by atoms with van der Waals surface area (Å²) in [5.74, 6) is 1.03. The highest BCUT2D eigenvalue weighted by Gasteiger charge is 2.23. The minimum atomic E-state index is -3.28. The van der Waals surface area contributed by atoms with Crippen molar-refractivity contribution < 1.29 is 13.2 Å². The van der Waals surface area contributed by atoms with Crippen LogP contribution in [-0.4, -0.2) is 43.3 Å². The highest BCUT2D eigenvalue weighted by atomic mass is 32.2.